The van der Waals surface area contributed by atoms with Gasteiger partial charge in [0.1, 0.15) is 5.75 Å². The molecule has 35 heavy (non-hydrogen) atoms. The Kier molecular flexibility index (Phi) is 8.95. The van der Waals surface area contributed by atoms with E-state index in [9.17, 15) is 10.2 Å². The summed E-state index contributed by atoms with van der Waals surface area (Å²) >= 11 is 6.48. The number of aryl methyl sites for hydroxylation is 1. The van der Waals surface area contributed by atoms with Gasteiger partial charge in [0, 0.05) is 36.1 Å². The zero-order valence-corrected chi connectivity index (χ0v) is 21.3. The summed E-state index contributed by atoms with van der Waals surface area (Å²) in [5.74, 6) is 0.703. The number of piperidine rings is 1. The quantitative estimate of drug-likeness (QED) is 0.354. The molecule has 3 heterocycles. The number of rotatable bonds is 11. The monoisotopic (exact) mass is 497 g/mol. The Morgan fingerprint density at radius 3 is 2.71 bits per heavy atom. The number of methoxy groups -OCH3 is 1. The molecule has 7 heteroatoms. The Hall–Kier alpha value is -2.25. The highest BCUT2D eigenvalue weighted by Gasteiger charge is 2.34. The molecule has 0 unspecified atom stereocenters. The van der Waals surface area contributed by atoms with Crippen molar-refractivity contribution in [3.8, 4) is 5.75 Å². The number of hydrogen-bond acceptors (Lipinski definition) is 6. The molecule has 188 valence electrons. The maximum Gasteiger partial charge on any atom is 0.119 e. The van der Waals surface area contributed by atoms with Gasteiger partial charge in [-0.2, -0.15) is 0 Å². The summed E-state index contributed by atoms with van der Waals surface area (Å²) in [5, 5.41) is 22.7. The average molecular weight is 498 g/mol. The lowest BCUT2D eigenvalue weighted by Gasteiger charge is -2.41. The second kappa shape index (κ2) is 12.1. The van der Waals surface area contributed by atoms with Crippen LogP contribution < -0.4 is 4.74 Å². The van der Waals surface area contributed by atoms with E-state index in [1.165, 1.54) is 5.56 Å². The molecule has 1 fully saturated rings. The van der Waals surface area contributed by atoms with Gasteiger partial charge in [0.15, 0.2) is 0 Å². The first-order valence-corrected chi connectivity index (χ1v) is 12.9. The van der Waals surface area contributed by atoms with Crippen LogP contribution in [0.5, 0.6) is 5.75 Å². The van der Waals surface area contributed by atoms with E-state index in [-0.39, 0.29) is 12.0 Å². The summed E-state index contributed by atoms with van der Waals surface area (Å²) in [6.45, 7) is 3.21. The zero-order chi connectivity index (χ0) is 24.7. The van der Waals surface area contributed by atoms with Crippen LogP contribution >= 0.6 is 11.6 Å². The van der Waals surface area contributed by atoms with Crippen molar-refractivity contribution in [2.24, 2.45) is 5.41 Å². The smallest absolute Gasteiger partial charge is 0.119 e. The van der Waals surface area contributed by atoms with Gasteiger partial charge in [-0.3, -0.25) is 9.97 Å². The molecular formula is C28H36ClN3O3. The Morgan fingerprint density at radius 2 is 2.00 bits per heavy atom. The van der Waals surface area contributed by atoms with Gasteiger partial charge in [-0.15, -0.1) is 0 Å². The van der Waals surface area contributed by atoms with E-state index in [1.54, 1.807) is 13.3 Å². The number of benzene rings is 1. The van der Waals surface area contributed by atoms with Crippen molar-refractivity contribution >= 4 is 22.5 Å². The summed E-state index contributed by atoms with van der Waals surface area (Å²) in [4.78, 5) is 11.1. The number of aliphatic hydroxyl groups is 2. The third kappa shape index (κ3) is 6.50. The molecule has 0 saturated carbocycles. The molecule has 1 aliphatic rings. The van der Waals surface area contributed by atoms with Crippen molar-refractivity contribution in [1.82, 2.24) is 14.9 Å². The van der Waals surface area contributed by atoms with Crippen molar-refractivity contribution in [3.05, 3.63) is 65.1 Å². The van der Waals surface area contributed by atoms with Crippen LogP contribution in [0.4, 0.5) is 0 Å². The van der Waals surface area contributed by atoms with Crippen molar-refractivity contribution in [1.29, 1.82) is 0 Å². The minimum absolute atomic E-state index is 0.146. The van der Waals surface area contributed by atoms with E-state index in [2.05, 4.69) is 20.9 Å². The van der Waals surface area contributed by atoms with Crippen molar-refractivity contribution in [2.75, 3.05) is 33.4 Å². The number of hydrogen-bond donors (Lipinski definition) is 2. The molecule has 4 rings (SSSR count). The second-order valence-electron chi connectivity index (χ2n) is 9.78. The highest BCUT2D eigenvalue weighted by atomic mass is 35.5. The number of aliphatic hydroxyl groups excluding tert-OH is 2. The Morgan fingerprint density at radius 1 is 1.17 bits per heavy atom. The summed E-state index contributed by atoms with van der Waals surface area (Å²) in [6, 6.07) is 9.74. The van der Waals surface area contributed by atoms with Crippen LogP contribution in [0.3, 0.4) is 0 Å². The molecular weight excluding hydrogens is 462 g/mol. The molecule has 2 N–H and O–H groups in total. The zero-order valence-electron chi connectivity index (χ0n) is 20.5. The van der Waals surface area contributed by atoms with E-state index >= 15 is 0 Å². The molecule has 0 bridgehead atoms. The number of ether oxygens (including phenoxy) is 1. The van der Waals surface area contributed by atoms with E-state index in [1.807, 2.05) is 36.7 Å². The molecule has 1 atom stereocenters. The van der Waals surface area contributed by atoms with Crippen LogP contribution in [0.1, 0.15) is 55.8 Å². The molecule has 1 saturated heterocycles. The Balaban J connectivity index is 1.30. The Labute approximate surface area is 212 Å². The third-order valence-corrected chi connectivity index (χ3v) is 7.82. The topological polar surface area (TPSA) is 78.7 Å². The second-order valence-corrected chi connectivity index (χ2v) is 10.2. The first-order valence-electron chi connectivity index (χ1n) is 12.6. The summed E-state index contributed by atoms with van der Waals surface area (Å²) < 4.78 is 5.36. The highest BCUT2D eigenvalue weighted by Crippen LogP contribution is 2.40. The number of halogens is 1. The maximum absolute atomic E-state index is 11.1. The van der Waals surface area contributed by atoms with Gasteiger partial charge in [-0.05, 0) is 99.8 Å². The lowest BCUT2D eigenvalue weighted by molar-refractivity contribution is 0.0233. The van der Waals surface area contributed by atoms with Gasteiger partial charge in [0.2, 0.25) is 0 Å². The Bertz CT molecular complexity index is 1090. The minimum atomic E-state index is -0.728. The predicted molar refractivity (Wildman–Crippen MR) is 140 cm³/mol. The normalized spacial score (nSPS) is 16.9. The summed E-state index contributed by atoms with van der Waals surface area (Å²) in [7, 11) is 1.62. The first kappa shape index (κ1) is 25.8. The molecule has 0 radical (unpaired) electrons. The fourth-order valence-electron chi connectivity index (χ4n) is 5.17. The fraction of sp³-hybridized carbons (Fsp3) is 0.500. The van der Waals surface area contributed by atoms with Crippen LogP contribution in [-0.4, -0.2) is 58.4 Å². The number of fused-ring (bicyclic) bond motifs is 1. The number of unbranched alkanes of at least 4 members (excludes halogenated alkanes) is 1. The summed E-state index contributed by atoms with van der Waals surface area (Å²) in [5.41, 5.74) is 2.61. The highest BCUT2D eigenvalue weighted by molar-refractivity contribution is 6.32. The van der Waals surface area contributed by atoms with E-state index < -0.39 is 6.10 Å². The number of nitrogens with zero attached hydrogens (tertiary/aromatic N) is 3. The van der Waals surface area contributed by atoms with Crippen LogP contribution in [0, 0.1) is 5.41 Å². The van der Waals surface area contributed by atoms with Gasteiger partial charge in [0.05, 0.1) is 23.8 Å². The van der Waals surface area contributed by atoms with E-state index in [0.29, 0.717) is 22.8 Å². The summed E-state index contributed by atoms with van der Waals surface area (Å²) in [6.07, 6.45) is 11.2. The molecule has 0 spiro atoms. The molecule has 3 aromatic rings. The van der Waals surface area contributed by atoms with Crippen LogP contribution in [-0.2, 0) is 6.42 Å². The van der Waals surface area contributed by atoms with Gasteiger partial charge in [-0.25, -0.2) is 0 Å². The number of pyridine rings is 2. The van der Waals surface area contributed by atoms with Crippen molar-refractivity contribution in [3.63, 3.8) is 0 Å². The fourth-order valence-corrected chi connectivity index (χ4v) is 5.45. The number of likely N-dealkylation sites (tertiary alicyclic amines) is 1. The van der Waals surface area contributed by atoms with Gasteiger partial charge in [-0.1, -0.05) is 17.7 Å². The lowest BCUT2D eigenvalue weighted by Crippen LogP contribution is -2.42. The van der Waals surface area contributed by atoms with Gasteiger partial charge < -0.3 is 19.8 Å². The van der Waals surface area contributed by atoms with Gasteiger partial charge >= 0.3 is 0 Å². The minimum Gasteiger partial charge on any atom is -0.497 e. The standard InChI is InChI=1S/C28H36ClN3O3/c1-35-22-7-8-25-23(17-22)27(24(29)19-31-25)26(34)9-10-28(20-33)11-15-32(16-12-28)14-3-2-5-21-6-4-13-30-18-21/h4,6-8,13,17-19,26,33-34H,2-3,5,9-12,14-16,20H2,1H3/t26-/m1/s1. The first-order chi connectivity index (χ1) is 17.0. The molecule has 1 aliphatic heterocycles. The molecule has 0 aliphatic carbocycles. The third-order valence-electron chi connectivity index (χ3n) is 7.51. The number of aromatic nitrogens is 2. The lowest BCUT2D eigenvalue weighted by atomic mass is 9.74. The van der Waals surface area contributed by atoms with Gasteiger partial charge in [0.25, 0.3) is 0 Å². The molecule has 6 nitrogen and oxygen atoms in total. The maximum atomic E-state index is 11.1. The van der Waals surface area contributed by atoms with E-state index in [0.717, 1.165) is 69.1 Å². The SMILES string of the molecule is COc1ccc2ncc(Cl)c([C@H](O)CCC3(CO)CCN(CCCCc4cccnc4)CC3)c2c1. The van der Waals surface area contributed by atoms with Crippen molar-refractivity contribution in [2.45, 2.75) is 51.0 Å². The van der Waals surface area contributed by atoms with Crippen LogP contribution in [0.2, 0.25) is 5.02 Å². The predicted octanol–water partition coefficient (Wildman–Crippen LogP) is 5.20. The molecule has 2 aromatic heterocycles. The van der Waals surface area contributed by atoms with Crippen LogP contribution in [0.15, 0.2) is 48.9 Å². The average Bonchev–Trinajstić information content (AvgIpc) is 2.90. The van der Waals surface area contributed by atoms with Crippen LogP contribution in [0.25, 0.3) is 10.9 Å². The van der Waals surface area contributed by atoms with Crippen molar-refractivity contribution < 1.29 is 14.9 Å². The molecule has 0 amide bonds. The largest absolute Gasteiger partial charge is 0.497 e. The van der Waals surface area contributed by atoms with E-state index in [4.69, 9.17) is 16.3 Å². The molecule has 1 aromatic carbocycles.